The first-order valence-electron chi connectivity index (χ1n) is 8.80. The Morgan fingerprint density at radius 2 is 1.69 bits per heavy atom. The third kappa shape index (κ3) is 3.54. The van der Waals surface area contributed by atoms with E-state index in [9.17, 15) is 4.79 Å². The van der Waals surface area contributed by atoms with Crippen LogP contribution in [0.25, 0.3) is 0 Å². The van der Waals surface area contributed by atoms with Gasteiger partial charge in [-0.3, -0.25) is 4.79 Å². The molecule has 0 radical (unpaired) electrons. The number of nitrogens with zero attached hydrogens (tertiary/aromatic N) is 1. The van der Waals surface area contributed by atoms with Crippen LogP contribution in [0.4, 0.5) is 0 Å². The predicted molar refractivity (Wildman–Crippen MR) is 106 cm³/mol. The summed E-state index contributed by atoms with van der Waals surface area (Å²) < 4.78 is 10.8. The van der Waals surface area contributed by atoms with Crippen LogP contribution >= 0.6 is 11.8 Å². The van der Waals surface area contributed by atoms with Gasteiger partial charge in [0.2, 0.25) is 0 Å². The lowest BCUT2D eigenvalue weighted by Crippen LogP contribution is -2.31. The van der Waals surface area contributed by atoms with Crippen molar-refractivity contribution in [1.29, 1.82) is 0 Å². The maximum atomic E-state index is 13.3. The van der Waals surface area contributed by atoms with E-state index in [0.717, 1.165) is 11.3 Å². The molecule has 1 atom stereocenters. The molecule has 1 heterocycles. The standard InChI is InChI=1S/C21H25NO3S/c1-14(2)15-8-10-16(11-9-15)21-22(12-13-26-21)20(23)19-17(24-3)6-5-7-18(19)25-4/h5-11,14,21H,12-13H2,1-4H3. The van der Waals surface area contributed by atoms with Gasteiger partial charge >= 0.3 is 0 Å². The van der Waals surface area contributed by atoms with Crippen LogP contribution in [0.1, 0.15) is 46.6 Å². The van der Waals surface area contributed by atoms with Crippen molar-refractivity contribution in [3.8, 4) is 11.5 Å². The highest BCUT2D eigenvalue weighted by molar-refractivity contribution is 7.99. The third-order valence-electron chi connectivity index (χ3n) is 4.68. The van der Waals surface area contributed by atoms with Crippen LogP contribution < -0.4 is 9.47 Å². The van der Waals surface area contributed by atoms with Crippen LogP contribution in [0.3, 0.4) is 0 Å². The molecular formula is C21H25NO3S. The molecule has 0 bridgehead atoms. The molecule has 2 aromatic rings. The fourth-order valence-electron chi connectivity index (χ4n) is 3.21. The van der Waals surface area contributed by atoms with E-state index >= 15 is 0 Å². The van der Waals surface area contributed by atoms with Gasteiger partial charge in [0.25, 0.3) is 5.91 Å². The molecule has 2 aromatic carbocycles. The van der Waals surface area contributed by atoms with Crippen molar-refractivity contribution < 1.29 is 14.3 Å². The second kappa shape index (κ2) is 8.04. The summed E-state index contributed by atoms with van der Waals surface area (Å²) in [4.78, 5) is 15.2. The molecule has 0 spiro atoms. The van der Waals surface area contributed by atoms with Gasteiger partial charge in [0.1, 0.15) is 22.4 Å². The van der Waals surface area contributed by atoms with Crippen LogP contribution in [-0.2, 0) is 0 Å². The number of ether oxygens (including phenoxy) is 2. The van der Waals surface area contributed by atoms with Crippen LogP contribution in [0.2, 0.25) is 0 Å². The number of rotatable bonds is 5. The predicted octanol–water partition coefficient (Wildman–Crippen LogP) is 4.72. The second-order valence-corrected chi connectivity index (χ2v) is 7.77. The summed E-state index contributed by atoms with van der Waals surface area (Å²) in [7, 11) is 3.15. The van der Waals surface area contributed by atoms with Crippen LogP contribution in [0.15, 0.2) is 42.5 Å². The lowest BCUT2D eigenvalue weighted by molar-refractivity contribution is 0.0753. The van der Waals surface area contributed by atoms with E-state index in [1.165, 1.54) is 5.56 Å². The normalized spacial score (nSPS) is 16.8. The van der Waals surface area contributed by atoms with Gasteiger partial charge in [0, 0.05) is 12.3 Å². The minimum atomic E-state index is -0.0535. The Morgan fingerprint density at radius 3 is 2.23 bits per heavy atom. The van der Waals surface area contributed by atoms with E-state index < -0.39 is 0 Å². The first-order chi connectivity index (χ1) is 12.6. The molecule has 26 heavy (non-hydrogen) atoms. The summed E-state index contributed by atoms with van der Waals surface area (Å²) in [6.07, 6.45) is 0. The zero-order valence-electron chi connectivity index (χ0n) is 15.7. The van der Waals surface area contributed by atoms with E-state index in [2.05, 4.69) is 38.1 Å². The summed E-state index contributed by atoms with van der Waals surface area (Å²) in [6.45, 7) is 5.08. The Labute approximate surface area is 159 Å². The molecule has 1 amide bonds. The van der Waals surface area contributed by atoms with Crippen molar-refractivity contribution in [2.45, 2.75) is 25.1 Å². The van der Waals surface area contributed by atoms with Crippen LogP contribution in [0.5, 0.6) is 11.5 Å². The first-order valence-corrected chi connectivity index (χ1v) is 9.85. The van der Waals surface area contributed by atoms with Gasteiger partial charge in [-0.1, -0.05) is 44.2 Å². The van der Waals surface area contributed by atoms with Gasteiger partial charge in [0.15, 0.2) is 0 Å². The smallest absolute Gasteiger partial charge is 0.262 e. The second-order valence-electron chi connectivity index (χ2n) is 6.58. The number of amides is 1. The fourth-order valence-corrected chi connectivity index (χ4v) is 4.46. The van der Waals surface area contributed by atoms with Crippen molar-refractivity contribution in [3.05, 3.63) is 59.2 Å². The van der Waals surface area contributed by atoms with Gasteiger partial charge in [-0.2, -0.15) is 0 Å². The Bertz CT molecular complexity index is 751. The molecule has 5 heteroatoms. The quantitative estimate of drug-likeness (QED) is 0.763. The molecule has 1 fully saturated rings. The number of hydrogen-bond donors (Lipinski definition) is 0. The average Bonchev–Trinajstić information content (AvgIpc) is 3.16. The van der Waals surface area contributed by atoms with Crippen molar-refractivity contribution >= 4 is 17.7 Å². The SMILES string of the molecule is COc1cccc(OC)c1C(=O)N1CCSC1c1ccc(C(C)C)cc1. The summed E-state index contributed by atoms with van der Waals surface area (Å²) in [6, 6.07) is 14.0. The highest BCUT2D eigenvalue weighted by Crippen LogP contribution is 2.41. The summed E-state index contributed by atoms with van der Waals surface area (Å²) in [5.41, 5.74) is 2.95. The van der Waals surface area contributed by atoms with Crippen molar-refractivity contribution in [1.82, 2.24) is 4.90 Å². The third-order valence-corrected chi connectivity index (χ3v) is 5.94. The summed E-state index contributed by atoms with van der Waals surface area (Å²) >= 11 is 1.79. The van der Waals surface area contributed by atoms with Crippen LogP contribution in [-0.4, -0.2) is 37.3 Å². The highest BCUT2D eigenvalue weighted by Gasteiger charge is 2.34. The topological polar surface area (TPSA) is 38.8 Å². The molecule has 3 rings (SSSR count). The molecule has 0 aromatic heterocycles. The molecule has 1 unspecified atom stereocenters. The lowest BCUT2D eigenvalue weighted by atomic mass is 10.0. The number of carbonyl (C=O) groups excluding carboxylic acids is 1. The number of benzene rings is 2. The molecule has 1 saturated heterocycles. The number of thioether (sulfide) groups is 1. The molecule has 1 aliphatic heterocycles. The van der Waals surface area contributed by atoms with E-state index in [4.69, 9.17) is 9.47 Å². The summed E-state index contributed by atoms with van der Waals surface area (Å²) in [5.74, 6) is 2.44. The zero-order valence-corrected chi connectivity index (χ0v) is 16.5. The van der Waals surface area contributed by atoms with E-state index in [1.54, 1.807) is 38.1 Å². The van der Waals surface area contributed by atoms with Gasteiger partial charge in [0.05, 0.1) is 14.2 Å². The number of methoxy groups -OCH3 is 2. The van der Waals surface area contributed by atoms with Crippen LogP contribution in [0, 0.1) is 0 Å². The highest BCUT2D eigenvalue weighted by atomic mass is 32.2. The minimum absolute atomic E-state index is 0.0123. The average molecular weight is 372 g/mol. The molecule has 4 nitrogen and oxygen atoms in total. The maximum Gasteiger partial charge on any atom is 0.262 e. The Balaban J connectivity index is 1.92. The number of hydrogen-bond acceptors (Lipinski definition) is 4. The molecule has 0 aliphatic carbocycles. The maximum absolute atomic E-state index is 13.3. The first kappa shape index (κ1) is 18.6. The zero-order chi connectivity index (χ0) is 18.7. The lowest BCUT2D eigenvalue weighted by Gasteiger charge is -2.26. The summed E-state index contributed by atoms with van der Waals surface area (Å²) in [5, 5.41) is 0.0123. The Morgan fingerprint density at radius 1 is 1.08 bits per heavy atom. The van der Waals surface area contributed by atoms with E-state index in [-0.39, 0.29) is 11.3 Å². The van der Waals surface area contributed by atoms with E-state index in [1.807, 2.05) is 11.0 Å². The fraction of sp³-hybridized carbons (Fsp3) is 0.381. The number of carbonyl (C=O) groups is 1. The largest absolute Gasteiger partial charge is 0.496 e. The minimum Gasteiger partial charge on any atom is -0.496 e. The van der Waals surface area contributed by atoms with Gasteiger partial charge < -0.3 is 14.4 Å². The molecule has 0 N–H and O–H groups in total. The van der Waals surface area contributed by atoms with Crippen molar-refractivity contribution in [3.63, 3.8) is 0 Å². The van der Waals surface area contributed by atoms with Gasteiger partial charge in [-0.05, 0) is 29.2 Å². The Kier molecular flexibility index (Phi) is 5.77. The molecular weight excluding hydrogens is 346 g/mol. The molecule has 0 saturated carbocycles. The molecule has 138 valence electrons. The van der Waals surface area contributed by atoms with Gasteiger partial charge in [-0.15, -0.1) is 11.8 Å². The molecule has 1 aliphatic rings. The monoisotopic (exact) mass is 371 g/mol. The van der Waals surface area contributed by atoms with Crippen molar-refractivity contribution in [2.24, 2.45) is 0 Å². The van der Waals surface area contributed by atoms with Crippen molar-refractivity contribution in [2.75, 3.05) is 26.5 Å². The van der Waals surface area contributed by atoms with E-state index in [0.29, 0.717) is 29.5 Å². The van der Waals surface area contributed by atoms with Gasteiger partial charge in [-0.25, -0.2) is 0 Å². The Hall–Kier alpha value is -2.14.